The van der Waals surface area contributed by atoms with Crippen LogP contribution in [0, 0.1) is 0 Å². The smallest absolute Gasteiger partial charge is 0.313 e. The van der Waals surface area contributed by atoms with Crippen molar-refractivity contribution < 1.29 is 4.79 Å². The van der Waals surface area contributed by atoms with Crippen LogP contribution in [-0.4, -0.2) is 15.3 Å². The van der Waals surface area contributed by atoms with Crippen LogP contribution < -0.4 is 11.2 Å². The second kappa shape index (κ2) is 5.24. The molecule has 2 rings (SSSR count). The van der Waals surface area contributed by atoms with Gasteiger partial charge in [-0.05, 0) is 24.6 Å². The summed E-state index contributed by atoms with van der Waals surface area (Å²) >= 11 is 5.84. The Hall–Kier alpha value is -2.14. The molecule has 0 spiro atoms. The van der Waals surface area contributed by atoms with Gasteiger partial charge in [-0.2, -0.15) is 0 Å². The van der Waals surface area contributed by atoms with Gasteiger partial charge in [0.25, 0.3) is 5.56 Å². The van der Waals surface area contributed by atoms with Crippen molar-refractivity contribution in [3.8, 4) is 0 Å². The van der Waals surface area contributed by atoms with Crippen LogP contribution in [0.4, 0.5) is 0 Å². The molecule has 0 bridgehead atoms. The molecule has 0 aliphatic rings. The Morgan fingerprint density at radius 1 is 1.37 bits per heavy atom. The molecule has 19 heavy (non-hydrogen) atoms. The first-order chi connectivity index (χ1) is 8.99. The maximum absolute atomic E-state index is 12.0. The number of Topliss-reactive ketones (excluding diaryl/α,β-unsaturated/α-hetero) is 1. The third kappa shape index (κ3) is 2.82. The van der Waals surface area contributed by atoms with E-state index in [0.29, 0.717) is 10.6 Å². The maximum Gasteiger partial charge on any atom is 0.328 e. The Kier molecular flexibility index (Phi) is 3.66. The first-order valence-corrected chi connectivity index (χ1v) is 5.95. The number of nitrogens with zero attached hydrogens (tertiary/aromatic N) is 1. The second-order valence-corrected chi connectivity index (χ2v) is 4.52. The van der Waals surface area contributed by atoms with E-state index >= 15 is 0 Å². The van der Waals surface area contributed by atoms with Gasteiger partial charge in [0.15, 0.2) is 5.78 Å². The van der Waals surface area contributed by atoms with Crippen molar-refractivity contribution in [2.45, 2.75) is 13.5 Å². The van der Waals surface area contributed by atoms with E-state index in [1.807, 2.05) is 0 Å². The molecule has 1 aromatic heterocycles. The molecule has 0 atom stereocenters. The van der Waals surface area contributed by atoms with Gasteiger partial charge in [0, 0.05) is 11.2 Å². The summed E-state index contributed by atoms with van der Waals surface area (Å²) in [6.45, 7) is 1.34. The molecule has 5 nitrogen and oxygen atoms in total. The molecule has 0 radical (unpaired) electrons. The molecular weight excluding hydrogens is 268 g/mol. The molecule has 0 unspecified atom stereocenters. The highest BCUT2D eigenvalue weighted by atomic mass is 35.5. The van der Waals surface area contributed by atoms with Crippen molar-refractivity contribution in [3.63, 3.8) is 0 Å². The largest absolute Gasteiger partial charge is 0.328 e. The molecule has 0 amide bonds. The van der Waals surface area contributed by atoms with Gasteiger partial charge in [-0.25, -0.2) is 4.79 Å². The summed E-state index contributed by atoms with van der Waals surface area (Å²) in [6.07, 6.45) is 1.14. The maximum atomic E-state index is 12.0. The van der Waals surface area contributed by atoms with E-state index in [4.69, 9.17) is 11.6 Å². The van der Waals surface area contributed by atoms with Crippen molar-refractivity contribution in [1.29, 1.82) is 0 Å². The standard InChI is InChI=1S/C13H11ClN2O3/c1-8(17)11-6-15-13(19)16(12(11)18)7-9-3-2-4-10(14)5-9/h2-6H,7H2,1H3,(H,15,19). The van der Waals surface area contributed by atoms with Gasteiger partial charge in [0.2, 0.25) is 0 Å². The summed E-state index contributed by atoms with van der Waals surface area (Å²) < 4.78 is 0.975. The minimum atomic E-state index is -0.601. The van der Waals surface area contributed by atoms with Gasteiger partial charge < -0.3 is 4.98 Å². The first-order valence-electron chi connectivity index (χ1n) is 5.57. The van der Waals surface area contributed by atoms with E-state index in [9.17, 15) is 14.4 Å². The Labute approximate surface area is 113 Å². The van der Waals surface area contributed by atoms with Crippen molar-refractivity contribution in [1.82, 2.24) is 9.55 Å². The second-order valence-electron chi connectivity index (χ2n) is 4.08. The minimum Gasteiger partial charge on any atom is -0.313 e. The summed E-state index contributed by atoms with van der Waals surface area (Å²) in [5.41, 5.74) is -0.492. The van der Waals surface area contributed by atoms with Gasteiger partial charge in [0.05, 0.1) is 12.1 Å². The number of benzene rings is 1. The topological polar surface area (TPSA) is 71.9 Å². The van der Waals surface area contributed by atoms with E-state index < -0.39 is 11.2 Å². The number of rotatable bonds is 3. The minimum absolute atomic E-state index is 0.0402. The molecule has 2 aromatic rings. The van der Waals surface area contributed by atoms with Crippen LogP contribution in [-0.2, 0) is 6.54 Å². The molecule has 0 fully saturated rings. The average Bonchev–Trinajstić information content (AvgIpc) is 2.34. The van der Waals surface area contributed by atoms with Crippen molar-refractivity contribution in [2.75, 3.05) is 0 Å². The van der Waals surface area contributed by atoms with Gasteiger partial charge in [-0.1, -0.05) is 23.7 Å². The lowest BCUT2D eigenvalue weighted by atomic mass is 10.2. The summed E-state index contributed by atoms with van der Waals surface area (Å²) in [6, 6.07) is 6.84. The van der Waals surface area contributed by atoms with Crippen LogP contribution in [0.3, 0.4) is 0 Å². The molecular formula is C13H11ClN2O3. The molecule has 1 aromatic carbocycles. The third-order valence-electron chi connectivity index (χ3n) is 2.67. The Morgan fingerprint density at radius 3 is 2.74 bits per heavy atom. The van der Waals surface area contributed by atoms with E-state index in [-0.39, 0.29) is 17.9 Å². The van der Waals surface area contributed by atoms with E-state index in [1.54, 1.807) is 24.3 Å². The monoisotopic (exact) mass is 278 g/mol. The van der Waals surface area contributed by atoms with Gasteiger partial charge >= 0.3 is 5.69 Å². The molecule has 6 heteroatoms. The highest BCUT2D eigenvalue weighted by molar-refractivity contribution is 6.30. The number of aromatic amines is 1. The molecule has 0 saturated carbocycles. The lowest BCUT2D eigenvalue weighted by Gasteiger charge is -2.06. The highest BCUT2D eigenvalue weighted by Crippen LogP contribution is 2.10. The normalized spacial score (nSPS) is 10.4. The van der Waals surface area contributed by atoms with E-state index in [2.05, 4.69) is 4.98 Å². The first kappa shape index (κ1) is 13.3. The number of ketones is 1. The zero-order chi connectivity index (χ0) is 14.0. The van der Waals surface area contributed by atoms with Crippen LogP contribution in [0.25, 0.3) is 0 Å². The number of H-pyrrole nitrogens is 1. The fourth-order valence-corrected chi connectivity index (χ4v) is 1.94. The fraction of sp³-hybridized carbons (Fsp3) is 0.154. The lowest BCUT2D eigenvalue weighted by Crippen LogP contribution is -2.37. The molecule has 98 valence electrons. The summed E-state index contributed by atoms with van der Waals surface area (Å²) in [4.78, 5) is 37.3. The molecule has 1 N–H and O–H groups in total. The molecule has 0 saturated heterocycles. The van der Waals surface area contributed by atoms with E-state index in [1.165, 1.54) is 6.92 Å². The number of nitrogens with one attached hydrogen (secondary N) is 1. The average molecular weight is 279 g/mol. The molecule has 1 heterocycles. The predicted molar refractivity (Wildman–Crippen MR) is 71.9 cm³/mol. The predicted octanol–water partition coefficient (Wildman–Crippen LogP) is 1.44. The van der Waals surface area contributed by atoms with Gasteiger partial charge in [-0.15, -0.1) is 0 Å². The van der Waals surface area contributed by atoms with Crippen LogP contribution in [0.5, 0.6) is 0 Å². The third-order valence-corrected chi connectivity index (χ3v) is 2.90. The van der Waals surface area contributed by atoms with Crippen LogP contribution in [0.1, 0.15) is 22.8 Å². The van der Waals surface area contributed by atoms with Crippen LogP contribution >= 0.6 is 11.6 Å². The van der Waals surface area contributed by atoms with Crippen molar-refractivity contribution in [2.24, 2.45) is 0 Å². The summed E-state index contributed by atoms with van der Waals surface area (Å²) in [7, 11) is 0. The Bertz CT molecular complexity index is 746. The van der Waals surface area contributed by atoms with Crippen molar-refractivity contribution >= 4 is 17.4 Å². The number of carbonyl (C=O) groups excluding carboxylic acids is 1. The Balaban J connectivity index is 2.51. The van der Waals surface area contributed by atoms with E-state index in [0.717, 1.165) is 10.8 Å². The van der Waals surface area contributed by atoms with Gasteiger partial charge in [-0.3, -0.25) is 14.2 Å². The van der Waals surface area contributed by atoms with Crippen molar-refractivity contribution in [3.05, 3.63) is 67.4 Å². The SMILES string of the molecule is CC(=O)c1c[nH]c(=O)n(Cc2cccc(Cl)c2)c1=O. The summed E-state index contributed by atoms with van der Waals surface area (Å²) in [5, 5.41) is 0.518. The zero-order valence-corrected chi connectivity index (χ0v) is 10.9. The number of hydrogen-bond acceptors (Lipinski definition) is 3. The zero-order valence-electron chi connectivity index (χ0n) is 10.1. The Morgan fingerprint density at radius 2 is 2.11 bits per heavy atom. The number of halogens is 1. The molecule has 0 aliphatic heterocycles. The fourth-order valence-electron chi connectivity index (χ4n) is 1.72. The highest BCUT2D eigenvalue weighted by Gasteiger charge is 2.11. The van der Waals surface area contributed by atoms with Crippen LogP contribution in [0.2, 0.25) is 5.02 Å². The summed E-state index contributed by atoms with van der Waals surface area (Å²) in [5.74, 6) is -0.388. The quantitative estimate of drug-likeness (QED) is 0.864. The number of aromatic nitrogens is 2. The molecule has 0 aliphatic carbocycles. The van der Waals surface area contributed by atoms with Crippen LogP contribution in [0.15, 0.2) is 40.1 Å². The number of carbonyl (C=O) groups is 1. The lowest BCUT2D eigenvalue weighted by molar-refractivity contribution is 0.101. The number of hydrogen-bond donors (Lipinski definition) is 1. The van der Waals surface area contributed by atoms with Gasteiger partial charge in [0.1, 0.15) is 0 Å².